The molecule has 18 heteroatoms. The molecule has 2 rings (SSSR count). The highest BCUT2D eigenvalue weighted by Crippen LogP contribution is 2.74. The molecule has 178 valence electrons. The van der Waals surface area contributed by atoms with Crippen LogP contribution in [0.3, 0.4) is 0 Å². The summed E-state index contributed by atoms with van der Waals surface area (Å²) in [6, 6.07) is 11.1. The minimum atomic E-state index is -5.69. The van der Waals surface area contributed by atoms with Crippen molar-refractivity contribution < 1.29 is 51.9 Å². The Morgan fingerprint density at radius 2 is 0.688 bits per heavy atom. The Balaban J connectivity index is 2.93. The van der Waals surface area contributed by atoms with Gasteiger partial charge in [-0.3, -0.25) is 18.2 Å². The van der Waals surface area contributed by atoms with Crippen molar-refractivity contribution in [1.29, 1.82) is 0 Å². The third-order valence-corrected chi connectivity index (χ3v) is 32.1. The van der Waals surface area contributed by atoms with Crippen molar-refractivity contribution in [3.05, 3.63) is 60.7 Å². The van der Waals surface area contributed by atoms with Crippen LogP contribution in [0.25, 0.3) is 0 Å². The molecule has 0 atom stereocenters. The Bertz CT molecular complexity index is 1230. The average Bonchev–Trinajstić information content (AvgIpc) is 2.62. The highest BCUT2D eigenvalue weighted by atomic mass is 33.2. The van der Waals surface area contributed by atoms with Crippen LogP contribution in [0.4, 0.5) is 0 Å². The molecule has 2 aromatic carbocycles. The lowest BCUT2D eigenvalue weighted by molar-refractivity contribution is 0.491. The van der Waals surface area contributed by atoms with Gasteiger partial charge in [0.25, 0.3) is 0 Å². The first-order valence-corrected chi connectivity index (χ1v) is 20.3. The summed E-state index contributed by atoms with van der Waals surface area (Å²) in [5.41, 5.74) is -10.5. The first kappa shape index (κ1) is 27.2. The first-order valence-electron chi connectivity index (χ1n) is 8.19. The zero-order chi connectivity index (χ0) is 24.6. The summed E-state index contributed by atoms with van der Waals surface area (Å²) in [4.78, 5) is 0. The molecule has 0 aromatic heterocycles. The second-order valence-electron chi connectivity index (χ2n) is 6.26. The molecule has 32 heavy (non-hydrogen) atoms. The fourth-order valence-electron chi connectivity index (χ4n) is 3.06. The molecule has 12 nitrogen and oxygen atoms in total. The Morgan fingerprint density at radius 3 is 0.875 bits per heavy atom. The summed E-state index contributed by atoms with van der Waals surface area (Å²) < 4.78 is 138. The molecule has 0 aliphatic rings. The molecule has 2 aromatic rings. The molecule has 0 amide bonds. The van der Waals surface area contributed by atoms with Crippen LogP contribution in [-0.2, 0) is 39.0 Å². The van der Waals surface area contributed by atoms with E-state index < -0.39 is 73.2 Å². The number of hydrogen-bond acceptors (Lipinski definition) is 8. The molecule has 4 N–H and O–H groups in total. The van der Waals surface area contributed by atoms with Crippen LogP contribution in [0.15, 0.2) is 60.7 Å². The van der Waals surface area contributed by atoms with Crippen LogP contribution in [0.1, 0.15) is 0 Å². The van der Waals surface area contributed by atoms with E-state index in [1.54, 1.807) is 0 Å². The second kappa shape index (κ2) is 8.95. The van der Waals surface area contributed by atoms with Gasteiger partial charge in [-0.05, 0) is 24.3 Å². The maximum atomic E-state index is 12.3. The minimum absolute atomic E-state index is 0.623. The summed E-state index contributed by atoms with van der Waals surface area (Å²) in [6.45, 7) is 0. The Morgan fingerprint density at radius 1 is 0.469 bits per heavy atom. The highest BCUT2D eigenvalue weighted by molar-refractivity contribution is 8.90. The molecule has 0 heterocycles. The van der Waals surface area contributed by atoms with Gasteiger partial charge in [0.05, 0.1) is 0 Å². The van der Waals surface area contributed by atoms with Crippen molar-refractivity contribution in [1.82, 2.24) is 0 Å². The Kier molecular flexibility index (Phi) is 7.60. The van der Waals surface area contributed by atoms with E-state index in [0.29, 0.717) is 0 Å². The fourth-order valence-corrected chi connectivity index (χ4v) is 25.5. The van der Waals surface area contributed by atoms with Gasteiger partial charge in [0, 0.05) is 0 Å². The van der Waals surface area contributed by atoms with Crippen LogP contribution >= 0.6 is 11.3 Å². The maximum absolute atomic E-state index is 12.3. The van der Waals surface area contributed by atoms with E-state index in [0.717, 1.165) is 24.3 Å². The lowest BCUT2D eigenvalue weighted by Crippen LogP contribution is -2.34. The third kappa shape index (κ3) is 4.62. The van der Waals surface area contributed by atoms with Crippen LogP contribution in [-0.4, -0.2) is 64.2 Å². The standard InChI is InChI=1S/C14H16O12P2S4/c15-29(16,17)27(30(18,19)20,13-7-3-1-4-8-13)11-12-28(31(21,22)23,32(24,25)26)14-9-5-2-6-10-14/h1-10H,11-12H2,(H2-2,15,16,17,18,19,20,21,22,23,24,25,26)/p+2. The highest BCUT2D eigenvalue weighted by Gasteiger charge is 2.72. The molecule has 0 unspecified atom stereocenters. The second-order valence-corrected chi connectivity index (χ2v) is 28.9. The van der Waals surface area contributed by atoms with Crippen LogP contribution in [0.5, 0.6) is 0 Å². The van der Waals surface area contributed by atoms with Crippen LogP contribution in [0, 0.1) is 0 Å². The van der Waals surface area contributed by atoms with Gasteiger partial charge in [-0.15, -0.1) is 0 Å². The molecule has 0 saturated carbocycles. The van der Waals surface area contributed by atoms with Crippen LogP contribution < -0.4 is 10.6 Å². The SMILES string of the molecule is O=S(=O)(O)[P+](CC[P+](c1ccccc1)(S(=O)(=O)O)S(=O)(=O)O)(c1ccccc1)S(=O)(=O)O. The van der Waals surface area contributed by atoms with Crippen molar-refractivity contribution in [2.24, 2.45) is 0 Å². The van der Waals surface area contributed by atoms with E-state index in [9.17, 15) is 51.9 Å². The van der Waals surface area contributed by atoms with Crippen LogP contribution in [0.2, 0.25) is 0 Å². The van der Waals surface area contributed by atoms with Crippen molar-refractivity contribution in [3.63, 3.8) is 0 Å². The van der Waals surface area contributed by atoms with Gasteiger partial charge < -0.3 is 0 Å². The molecule has 0 radical (unpaired) electrons. The predicted octanol–water partition coefficient (Wildman–Crippen LogP) is 0.884. The van der Waals surface area contributed by atoms with E-state index in [1.165, 1.54) is 36.4 Å². The minimum Gasteiger partial charge on any atom is -0.256 e. The summed E-state index contributed by atoms with van der Waals surface area (Å²) in [5, 5.41) is -1.25. The quantitative estimate of drug-likeness (QED) is 0.245. The lowest BCUT2D eigenvalue weighted by atomic mass is 10.4. The summed E-state index contributed by atoms with van der Waals surface area (Å²) in [7, 11) is -22.8. The molecule has 0 fully saturated rings. The fraction of sp³-hybridized carbons (Fsp3) is 0.143. The molecule has 0 saturated heterocycles. The first-order chi connectivity index (χ1) is 14.4. The van der Waals surface area contributed by atoms with Gasteiger partial charge in [0.1, 0.15) is 22.9 Å². The zero-order valence-electron chi connectivity index (χ0n) is 15.8. The van der Waals surface area contributed by atoms with E-state index in [-0.39, 0.29) is 0 Å². The lowest BCUT2D eigenvalue weighted by Gasteiger charge is -2.23. The molecule has 0 bridgehead atoms. The van der Waals surface area contributed by atoms with Crippen molar-refractivity contribution in [2.45, 2.75) is 0 Å². The molecular weight excluding hydrogens is 550 g/mol. The van der Waals surface area contributed by atoms with Gasteiger partial charge in [-0.1, -0.05) is 36.4 Å². The Hall–Kier alpha value is -1.06. The zero-order valence-corrected chi connectivity index (χ0v) is 20.8. The normalized spacial score (nSPS) is 14.2. The summed E-state index contributed by atoms with van der Waals surface area (Å²) >= 11 is 0. The van der Waals surface area contributed by atoms with E-state index in [1.807, 2.05) is 0 Å². The summed E-state index contributed by atoms with van der Waals surface area (Å²) in [5.74, 6) is 0. The van der Waals surface area contributed by atoms with Gasteiger partial charge >= 0.3 is 50.3 Å². The van der Waals surface area contributed by atoms with Crippen molar-refractivity contribution >= 4 is 60.9 Å². The number of rotatable bonds is 9. The van der Waals surface area contributed by atoms with Gasteiger partial charge in [-0.25, -0.2) is 0 Å². The maximum Gasteiger partial charge on any atom is 0.404 e. The average molecular weight is 569 g/mol. The topological polar surface area (TPSA) is 217 Å². The predicted molar refractivity (Wildman–Crippen MR) is 122 cm³/mol. The smallest absolute Gasteiger partial charge is 0.256 e. The monoisotopic (exact) mass is 568 g/mol. The van der Waals surface area contributed by atoms with E-state index in [2.05, 4.69) is 0 Å². The molecule has 0 spiro atoms. The van der Waals surface area contributed by atoms with Gasteiger partial charge in [0.15, 0.2) is 0 Å². The molecule has 0 aliphatic carbocycles. The third-order valence-electron chi connectivity index (χ3n) is 4.48. The molecular formula is C14H18O12P2S4+2. The number of hydrogen-bond donors (Lipinski definition) is 4. The van der Waals surface area contributed by atoms with Crippen molar-refractivity contribution in [2.75, 3.05) is 12.3 Å². The van der Waals surface area contributed by atoms with Crippen molar-refractivity contribution in [3.8, 4) is 0 Å². The van der Waals surface area contributed by atoms with Gasteiger partial charge in [0.2, 0.25) is 0 Å². The van der Waals surface area contributed by atoms with E-state index >= 15 is 0 Å². The van der Waals surface area contributed by atoms with E-state index in [4.69, 9.17) is 0 Å². The largest absolute Gasteiger partial charge is 0.404 e. The molecule has 0 aliphatic heterocycles. The summed E-state index contributed by atoms with van der Waals surface area (Å²) in [6.07, 6.45) is -2.89. The number of benzene rings is 2. The van der Waals surface area contributed by atoms with Gasteiger partial charge in [-0.2, -0.15) is 33.7 Å². The Labute approximate surface area is 185 Å².